The lowest BCUT2D eigenvalue weighted by Crippen LogP contribution is -2.20. The molecule has 0 radical (unpaired) electrons. The summed E-state index contributed by atoms with van der Waals surface area (Å²) >= 11 is 0. The molecule has 0 aliphatic carbocycles. The molecule has 0 aliphatic heterocycles. The molecule has 2 unspecified atom stereocenters. The monoisotopic (exact) mass is 640 g/mol. The van der Waals surface area contributed by atoms with Gasteiger partial charge in [-0.05, 0) is 83.2 Å². The second-order valence-electron chi connectivity index (χ2n) is 13.5. The smallest absolute Gasteiger partial charge is 0.306 e. The van der Waals surface area contributed by atoms with Crippen LogP contribution in [-0.2, 0) is 19.1 Å². The van der Waals surface area contributed by atoms with Crippen molar-refractivity contribution in [2.24, 2.45) is 5.92 Å². The van der Waals surface area contributed by atoms with Crippen LogP contribution < -0.4 is 5.32 Å². The number of unbranched alkanes of at least 4 members (excludes halogenated alkanes) is 16. The van der Waals surface area contributed by atoms with Crippen molar-refractivity contribution in [3.8, 4) is 0 Å². The first-order chi connectivity index (χ1) is 22.1. The van der Waals surface area contributed by atoms with Crippen molar-refractivity contribution in [3.63, 3.8) is 0 Å². The van der Waals surface area contributed by atoms with E-state index in [-0.39, 0.29) is 24.6 Å². The van der Waals surface area contributed by atoms with E-state index in [2.05, 4.69) is 26.1 Å². The molecule has 0 saturated heterocycles. The molecule has 268 valence electrons. The van der Waals surface area contributed by atoms with Crippen molar-refractivity contribution in [2.75, 3.05) is 26.3 Å². The van der Waals surface area contributed by atoms with Crippen LogP contribution in [-0.4, -0.2) is 49.5 Å². The Hall–Kier alpha value is -1.14. The number of nitrogens with one attached hydrogen (secondary N) is 1. The molecule has 0 aromatic carbocycles. The third-order valence-electron chi connectivity index (χ3n) is 8.99. The molecule has 0 bridgehead atoms. The molecule has 0 heterocycles. The van der Waals surface area contributed by atoms with Crippen molar-refractivity contribution in [3.05, 3.63) is 0 Å². The summed E-state index contributed by atoms with van der Waals surface area (Å²) in [6.07, 6.45) is 31.1. The first-order valence-corrected chi connectivity index (χ1v) is 19.7. The number of aliphatic hydroxyl groups is 1. The van der Waals surface area contributed by atoms with Crippen LogP contribution in [0.5, 0.6) is 0 Å². The van der Waals surface area contributed by atoms with Gasteiger partial charge < -0.3 is 19.9 Å². The predicted molar refractivity (Wildman–Crippen MR) is 191 cm³/mol. The van der Waals surface area contributed by atoms with E-state index in [9.17, 15) is 9.59 Å². The van der Waals surface area contributed by atoms with Gasteiger partial charge in [-0.25, -0.2) is 0 Å². The normalized spacial score (nSPS) is 12.7. The number of ether oxygens (including phenoxy) is 2. The summed E-state index contributed by atoms with van der Waals surface area (Å²) in [4.78, 5) is 24.9. The minimum Gasteiger partial charge on any atom is -0.465 e. The fourth-order valence-electron chi connectivity index (χ4n) is 5.98. The number of esters is 2. The zero-order valence-electron chi connectivity index (χ0n) is 30.4. The summed E-state index contributed by atoms with van der Waals surface area (Å²) in [6, 6.07) is 0. The standard InChI is InChI=1S/C39H77NO5/c1-4-7-10-12-13-16-20-28-37(45-39(43)31-23-24-32-40-33-25-34-41)29-21-17-14-15-18-22-30-38(42)44-35-36(26-9-6-3)27-19-11-8-5-2/h36-37,40-41H,4-35H2,1-3H3. The summed E-state index contributed by atoms with van der Waals surface area (Å²) in [5, 5.41) is 12.2. The molecule has 0 aromatic heterocycles. The molecule has 0 aromatic rings. The molecular formula is C39H77NO5. The van der Waals surface area contributed by atoms with Gasteiger partial charge in [-0.15, -0.1) is 0 Å². The lowest BCUT2D eigenvalue weighted by atomic mass is 9.96. The van der Waals surface area contributed by atoms with E-state index in [4.69, 9.17) is 14.6 Å². The predicted octanol–water partition coefficient (Wildman–Crippen LogP) is 10.6. The van der Waals surface area contributed by atoms with Crippen molar-refractivity contribution in [1.82, 2.24) is 5.32 Å². The largest absolute Gasteiger partial charge is 0.465 e. The second-order valence-corrected chi connectivity index (χ2v) is 13.5. The minimum atomic E-state index is -0.0432. The molecule has 2 N–H and O–H groups in total. The maximum Gasteiger partial charge on any atom is 0.306 e. The Kier molecular flexibility index (Phi) is 34.8. The van der Waals surface area contributed by atoms with Crippen LogP contribution in [0.1, 0.15) is 201 Å². The van der Waals surface area contributed by atoms with E-state index in [0.29, 0.717) is 25.4 Å². The molecule has 2 atom stereocenters. The summed E-state index contributed by atoms with van der Waals surface area (Å²) < 4.78 is 11.6. The molecule has 0 aliphatic rings. The minimum absolute atomic E-state index is 0.0157. The fraction of sp³-hybridized carbons (Fsp3) is 0.949. The number of rotatable bonds is 36. The number of carbonyl (C=O) groups is 2. The molecule has 45 heavy (non-hydrogen) atoms. The van der Waals surface area contributed by atoms with Gasteiger partial charge >= 0.3 is 11.9 Å². The Morgan fingerprint density at radius 3 is 1.62 bits per heavy atom. The van der Waals surface area contributed by atoms with Crippen LogP contribution in [0.4, 0.5) is 0 Å². The summed E-state index contributed by atoms with van der Waals surface area (Å²) in [5.41, 5.74) is 0. The molecular weight excluding hydrogens is 562 g/mol. The maximum atomic E-state index is 12.5. The van der Waals surface area contributed by atoms with Gasteiger partial charge in [-0.3, -0.25) is 9.59 Å². The number of hydrogen-bond donors (Lipinski definition) is 2. The SMILES string of the molecule is CCCCCCCCCC(CCCCCCCCC(=O)OCC(CCCC)CCCCCC)OC(=O)CCCCNCCCO. The Morgan fingerprint density at radius 1 is 0.533 bits per heavy atom. The molecule has 6 heteroatoms. The van der Waals surface area contributed by atoms with Gasteiger partial charge in [0.05, 0.1) is 6.61 Å². The van der Waals surface area contributed by atoms with Crippen LogP contribution in [0.15, 0.2) is 0 Å². The molecule has 0 spiro atoms. The van der Waals surface area contributed by atoms with Gasteiger partial charge in [-0.1, -0.05) is 124 Å². The first-order valence-electron chi connectivity index (χ1n) is 19.7. The van der Waals surface area contributed by atoms with Crippen LogP contribution >= 0.6 is 0 Å². The van der Waals surface area contributed by atoms with Crippen LogP contribution in [0.2, 0.25) is 0 Å². The van der Waals surface area contributed by atoms with Crippen molar-refractivity contribution in [1.29, 1.82) is 0 Å². The van der Waals surface area contributed by atoms with Crippen LogP contribution in [0.3, 0.4) is 0 Å². The van der Waals surface area contributed by atoms with E-state index in [0.717, 1.165) is 83.7 Å². The average Bonchev–Trinajstić information content (AvgIpc) is 3.04. The van der Waals surface area contributed by atoms with E-state index < -0.39 is 0 Å². The van der Waals surface area contributed by atoms with Gasteiger partial charge in [0.2, 0.25) is 0 Å². The average molecular weight is 640 g/mol. The van der Waals surface area contributed by atoms with E-state index in [1.54, 1.807) is 0 Å². The summed E-state index contributed by atoms with van der Waals surface area (Å²) in [6.45, 7) is 9.27. The highest BCUT2D eigenvalue weighted by Gasteiger charge is 2.15. The molecule has 0 saturated carbocycles. The zero-order chi connectivity index (χ0) is 33.1. The zero-order valence-corrected chi connectivity index (χ0v) is 30.4. The Balaban J connectivity index is 4.17. The highest BCUT2D eigenvalue weighted by atomic mass is 16.5. The van der Waals surface area contributed by atoms with Crippen LogP contribution in [0.25, 0.3) is 0 Å². The summed E-state index contributed by atoms with van der Waals surface area (Å²) in [5.74, 6) is 0.473. The van der Waals surface area contributed by atoms with Gasteiger partial charge in [-0.2, -0.15) is 0 Å². The molecule has 0 rings (SSSR count). The van der Waals surface area contributed by atoms with Crippen molar-refractivity contribution < 1.29 is 24.2 Å². The Morgan fingerprint density at radius 2 is 1.00 bits per heavy atom. The number of hydrogen-bond acceptors (Lipinski definition) is 6. The summed E-state index contributed by atoms with van der Waals surface area (Å²) in [7, 11) is 0. The van der Waals surface area contributed by atoms with Gasteiger partial charge in [0.1, 0.15) is 6.10 Å². The van der Waals surface area contributed by atoms with Gasteiger partial charge in [0.25, 0.3) is 0 Å². The molecule has 0 fully saturated rings. The van der Waals surface area contributed by atoms with Gasteiger partial charge in [0, 0.05) is 19.4 Å². The lowest BCUT2D eigenvalue weighted by molar-refractivity contribution is -0.150. The van der Waals surface area contributed by atoms with Crippen molar-refractivity contribution >= 4 is 11.9 Å². The molecule has 0 amide bonds. The third-order valence-corrected chi connectivity index (χ3v) is 8.99. The number of aliphatic hydroxyl groups excluding tert-OH is 1. The fourth-order valence-corrected chi connectivity index (χ4v) is 5.98. The van der Waals surface area contributed by atoms with Crippen LogP contribution in [0, 0.1) is 5.92 Å². The Bertz CT molecular complexity index is 629. The van der Waals surface area contributed by atoms with Gasteiger partial charge in [0.15, 0.2) is 0 Å². The lowest BCUT2D eigenvalue weighted by Gasteiger charge is -2.18. The quantitative estimate of drug-likeness (QED) is 0.0524. The van der Waals surface area contributed by atoms with E-state index >= 15 is 0 Å². The first kappa shape index (κ1) is 43.9. The van der Waals surface area contributed by atoms with E-state index in [1.807, 2.05) is 0 Å². The Labute approximate surface area is 280 Å². The highest BCUT2D eigenvalue weighted by molar-refractivity contribution is 5.69. The highest BCUT2D eigenvalue weighted by Crippen LogP contribution is 2.20. The second kappa shape index (κ2) is 35.7. The topological polar surface area (TPSA) is 84.9 Å². The maximum absolute atomic E-state index is 12.5. The number of carbonyl (C=O) groups excluding carboxylic acids is 2. The van der Waals surface area contributed by atoms with E-state index in [1.165, 1.54) is 96.3 Å². The third kappa shape index (κ3) is 32.6. The molecule has 6 nitrogen and oxygen atoms in total. The van der Waals surface area contributed by atoms with Crippen molar-refractivity contribution in [2.45, 2.75) is 207 Å².